The number of nitriles is 1. The average molecular weight is 354 g/mol. The number of hydrogen-bond donors (Lipinski definition) is 2. The Morgan fingerprint density at radius 1 is 1.23 bits per heavy atom. The number of benzene rings is 1. The van der Waals surface area contributed by atoms with Crippen molar-refractivity contribution in [2.45, 2.75) is 18.9 Å². The highest BCUT2D eigenvalue weighted by molar-refractivity contribution is 5.87. The molecule has 0 saturated carbocycles. The number of rotatable bonds is 6. The van der Waals surface area contributed by atoms with E-state index in [9.17, 15) is 9.59 Å². The molecule has 3 amide bonds. The number of hydrogen-bond acceptors (Lipinski definition) is 4. The maximum absolute atomic E-state index is 12.5. The van der Waals surface area contributed by atoms with Crippen LogP contribution in [0.2, 0.25) is 0 Å². The highest BCUT2D eigenvalue weighted by Crippen LogP contribution is 2.05. The van der Waals surface area contributed by atoms with E-state index in [0.717, 1.165) is 5.56 Å². The molecule has 0 unspecified atom stereocenters. The van der Waals surface area contributed by atoms with E-state index in [1.807, 2.05) is 30.3 Å². The molecule has 1 aliphatic rings. The molecule has 1 saturated heterocycles. The number of carbonyl (C=O) groups excluding carboxylic acids is 2. The van der Waals surface area contributed by atoms with Gasteiger partial charge in [0.05, 0.1) is 13.2 Å². The summed E-state index contributed by atoms with van der Waals surface area (Å²) in [5, 5.41) is 14.0. The Morgan fingerprint density at radius 2 is 1.96 bits per heavy atom. The summed E-state index contributed by atoms with van der Waals surface area (Å²) in [5.41, 5.74) is 0.958. The van der Waals surface area contributed by atoms with Crippen molar-refractivity contribution < 1.29 is 14.3 Å². The molecule has 136 valence electrons. The molecule has 2 rings (SSSR count). The molecule has 1 atom stereocenters. The van der Waals surface area contributed by atoms with Gasteiger partial charge in [-0.1, -0.05) is 36.3 Å². The van der Waals surface area contributed by atoms with Crippen molar-refractivity contribution >= 4 is 11.9 Å². The number of amides is 3. The van der Waals surface area contributed by atoms with Crippen molar-refractivity contribution in [2.24, 2.45) is 0 Å². The molecule has 0 aromatic heterocycles. The lowest BCUT2D eigenvalue weighted by Gasteiger charge is -2.29. The number of carbonyl (C=O) groups is 2. The molecule has 1 aromatic carbocycles. The van der Waals surface area contributed by atoms with Gasteiger partial charge in [0.15, 0.2) is 6.07 Å². The molecule has 7 heteroatoms. The van der Waals surface area contributed by atoms with Crippen LogP contribution in [0.15, 0.2) is 30.3 Å². The molecular weight excluding hydrogens is 332 g/mol. The van der Waals surface area contributed by atoms with Gasteiger partial charge in [-0.15, -0.1) is 0 Å². The topological polar surface area (TPSA) is 94.5 Å². The lowest BCUT2D eigenvalue weighted by molar-refractivity contribution is -0.122. The molecule has 7 nitrogen and oxygen atoms in total. The Bertz CT molecular complexity index is 697. The van der Waals surface area contributed by atoms with Gasteiger partial charge in [0, 0.05) is 38.4 Å². The van der Waals surface area contributed by atoms with Crippen LogP contribution in [0.3, 0.4) is 0 Å². The van der Waals surface area contributed by atoms with Gasteiger partial charge < -0.3 is 20.3 Å². The Balaban J connectivity index is 1.97. The van der Waals surface area contributed by atoms with E-state index in [1.54, 1.807) is 11.0 Å². The molecule has 1 heterocycles. The van der Waals surface area contributed by atoms with Gasteiger partial charge in [-0.25, -0.2) is 4.79 Å². The molecule has 1 fully saturated rings. The second-order valence-electron chi connectivity index (χ2n) is 5.75. The van der Waals surface area contributed by atoms with Crippen molar-refractivity contribution in [1.29, 1.82) is 5.26 Å². The molecule has 2 N–H and O–H groups in total. The summed E-state index contributed by atoms with van der Waals surface area (Å²) in [6.45, 7) is 2.35. The van der Waals surface area contributed by atoms with Crippen LogP contribution < -0.4 is 10.6 Å². The first-order chi connectivity index (χ1) is 12.7. The monoisotopic (exact) mass is 354 g/mol. The number of morpholine rings is 1. The maximum atomic E-state index is 12.5. The van der Waals surface area contributed by atoms with Crippen LogP contribution >= 0.6 is 0 Å². The molecular formula is C19H22N4O3. The highest BCUT2D eigenvalue weighted by atomic mass is 16.5. The fourth-order valence-corrected chi connectivity index (χ4v) is 2.54. The minimum absolute atomic E-state index is 0.269. The summed E-state index contributed by atoms with van der Waals surface area (Å²) in [6.07, 6.45) is 0.779. The van der Waals surface area contributed by atoms with E-state index in [-0.39, 0.29) is 11.9 Å². The second kappa shape index (κ2) is 10.8. The summed E-state index contributed by atoms with van der Waals surface area (Å²) in [7, 11) is 0. The zero-order valence-corrected chi connectivity index (χ0v) is 14.5. The van der Waals surface area contributed by atoms with E-state index < -0.39 is 6.04 Å². The van der Waals surface area contributed by atoms with Crippen LogP contribution in [-0.4, -0.2) is 55.7 Å². The number of ether oxygens (including phenoxy) is 1. The summed E-state index contributed by atoms with van der Waals surface area (Å²) in [6, 6.07) is 10.3. The van der Waals surface area contributed by atoms with E-state index >= 15 is 0 Å². The zero-order valence-electron chi connectivity index (χ0n) is 14.5. The predicted octanol–water partition coefficient (Wildman–Crippen LogP) is 0.673. The van der Waals surface area contributed by atoms with Crippen molar-refractivity contribution in [2.75, 3.05) is 32.8 Å². The van der Waals surface area contributed by atoms with Crippen LogP contribution in [-0.2, 0) is 16.0 Å². The molecule has 26 heavy (non-hydrogen) atoms. The summed E-state index contributed by atoms with van der Waals surface area (Å²) in [5.74, 6) is 4.65. The van der Waals surface area contributed by atoms with Crippen molar-refractivity contribution in [3.63, 3.8) is 0 Å². The summed E-state index contributed by atoms with van der Waals surface area (Å²) in [4.78, 5) is 26.6. The fourth-order valence-electron chi connectivity index (χ4n) is 2.54. The third-order valence-electron chi connectivity index (χ3n) is 3.89. The number of nitrogens with zero attached hydrogens (tertiary/aromatic N) is 2. The van der Waals surface area contributed by atoms with Gasteiger partial charge >= 0.3 is 6.03 Å². The van der Waals surface area contributed by atoms with E-state index in [1.165, 1.54) is 0 Å². The first kappa shape index (κ1) is 19.3. The first-order valence-corrected chi connectivity index (χ1v) is 8.52. The molecule has 0 spiro atoms. The fraction of sp³-hybridized carbons (Fsp3) is 0.421. The maximum Gasteiger partial charge on any atom is 0.318 e. The minimum Gasteiger partial charge on any atom is -0.378 e. The van der Waals surface area contributed by atoms with Crippen LogP contribution in [0.4, 0.5) is 4.79 Å². The first-order valence-electron chi connectivity index (χ1n) is 8.52. The van der Waals surface area contributed by atoms with Crippen LogP contribution in [0.1, 0.15) is 12.0 Å². The van der Waals surface area contributed by atoms with Crippen molar-refractivity contribution in [1.82, 2.24) is 15.5 Å². The second-order valence-corrected chi connectivity index (χ2v) is 5.75. The normalized spacial score (nSPS) is 14.3. The molecule has 0 bridgehead atoms. The Morgan fingerprint density at radius 3 is 2.65 bits per heavy atom. The van der Waals surface area contributed by atoms with Crippen molar-refractivity contribution in [3.8, 4) is 17.9 Å². The summed E-state index contributed by atoms with van der Waals surface area (Å²) >= 11 is 0. The predicted molar refractivity (Wildman–Crippen MR) is 95.9 cm³/mol. The van der Waals surface area contributed by atoms with E-state index in [4.69, 9.17) is 10.00 Å². The van der Waals surface area contributed by atoms with E-state index in [0.29, 0.717) is 45.7 Å². The van der Waals surface area contributed by atoms with Crippen LogP contribution in [0.5, 0.6) is 0 Å². The lowest BCUT2D eigenvalue weighted by atomic mass is 10.1. The number of nitrogens with one attached hydrogen (secondary N) is 2. The smallest absolute Gasteiger partial charge is 0.318 e. The molecule has 1 aliphatic heterocycles. The molecule has 0 radical (unpaired) electrons. The Labute approximate surface area is 153 Å². The lowest BCUT2D eigenvalue weighted by Crippen LogP contribution is -2.54. The van der Waals surface area contributed by atoms with Gasteiger partial charge in [0.1, 0.15) is 6.04 Å². The highest BCUT2D eigenvalue weighted by Gasteiger charge is 2.24. The average Bonchev–Trinajstić information content (AvgIpc) is 2.68. The molecule has 1 aromatic rings. The zero-order chi connectivity index (χ0) is 18.6. The van der Waals surface area contributed by atoms with Gasteiger partial charge in [-0.05, 0) is 5.56 Å². The van der Waals surface area contributed by atoms with E-state index in [2.05, 4.69) is 22.5 Å². The van der Waals surface area contributed by atoms with Crippen LogP contribution in [0.25, 0.3) is 0 Å². The largest absolute Gasteiger partial charge is 0.378 e. The van der Waals surface area contributed by atoms with Gasteiger partial charge in [-0.3, -0.25) is 4.79 Å². The molecule has 0 aliphatic carbocycles. The minimum atomic E-state index is -0.684. The van der Waals surface area contributed by atoms with Gasteiger partial charge in [-0.2, -0.15) is 5.26 Å². The Hall–Kier alpha value is -3.03. The standard InChI is InChI=1S/C19H22N4O3/c20-9-5-2-6-10-21-18(24)17(15-16-7-3-1-4-8-16)22-19(25)23-11-13-26-14-12-23/h1,3-4,7-8,17H,6,10-15H2,(H,21,24)(H,22,25)/t17-/m0/s1. The third kappa shape index (κ3) is 6.46. The SMILES string of the molecule is N#CC#CCCNC(=O)[C@H](Cc1ccccc1)NC(=O)N1CCOCC1. The van der Waals surface area contributed by atoms with Crippen molar-refractivity contribution in [3.05, 3.63) is 35.9 Å². The van der Waals surface area contributed by atoms with Crippen LogP contribution in [0, 0.1) is 23.2 Å². The quantitative estimate of drug-likeness (QED) is 0.580. The van der Waals surface area contributed by atoms with Gasteiger partial charge in [0.2, 0.25) is 5.91 Å². The number of urea groups is 1. The van der Waals surface area contributed by atoms with Gasteiger partial charge in [0.25, 0.3) is 0 Å². The summed E-state index contributed by atoms with van der Waals surface area (Å²) < 4.78 is 5.25. The Kier molecular flexibility index (Phi) is 7.98. The third-order valence-corrected chi connectivity index (χ3v) is 3.89.